The van der Waals surface area contributed by atoms with Crippen LogP contribution in [0.25, 0.3) is 0 Å². The SMILES string of the molecule is CCCC(C)NC(=O)CNCC1CCC(C)C1. The minimum atomic E-state index is 0.136. The summed E-state index contributed by atoms with van der Waals surface area (Å²) >= 11 is 0. The first-order valence-corrected chi connectivity index (χ1v) is 7.11. The third-order valence-corrected chi connectivity index (χ3v) is 3.65. The van der Waals surface area contributed by atoms with E-state index in [0.29, 0.717) is 12.6 Å². The van der Waals surface area contributed by atoms with E-state index in [0.717, 1.165) is 31.2 Å². The van der Waals surface area contributed by atoms with E-state index in [-0.39, 0.29) is 5.91 Å². The standard InChI is InChI=1S/C14H28N2O/c1-4-5-12(3)16-14(17)10-15-9-13-7-6-11(2)8-13/h11-13,15H,4-10H2,1-3H3,(H,16,17). The fourth-order valence-corrected chi connectivity index (χ4v) is 2.73. The van der Waals surface area contributed by atoms with Crippen LogP contribution >= 0.6 is 0 Å². The molecule has 3 unspecified atom stereocenters. The van der Waals surface area contributed by atoms with Gasteiger partial charge >= 0.3 is 0 Å². The Balaban J connectivity index is 2.04. The lowest BCUT2D eigenvalue weighted by atomic mass is 10.1. The molecule has 1 amide bonds. The van der Waals surface area contributed by atoms with Gasteiger partial charge in [-0.2, -0.15) is 0 Å². The first-order valence-electron chi connectivity index (χ1n) is 7.11. The van der Waals surface area contributed by atoms with Crippen molar-refractivity contribution in [3.05, 3.63) is 0 Å². The van der Waals surface area contributed by atoms with Gasteiger partial charge in [0.2, 0.25) is 5.91 Å². The predicted molar refractivity (Wildman–Crippen MR) is 71.9 cm³/mol. The average Bonchev–Trinajstić information content (AvgIpc) is 2.64. The first kappa shape index (κ1) is 14.5. The minimum Gasteiger partial charge on any atom is -0.353 e. The highest BCUT2D eigenvalue weighted by molar-refractivity contribution is 5.78. The van der Waals surface area contributed by atoms with Gasteiger partial charge in [0.15, 0.2) is 0 Å². The van der Waals surface area contributed by atoms with Gasteiger partial charge in [0.25, 0.3) is 0 Å². The molecular formula is C14H28N2O. The van der Waals surface area contributed by atoms with E-state index >= 15 is 0 Å². The Morgan fingerprint density at radius 2 is 2.18 bits per heavy atom. The maximum Gasteiger partial charge on any atom is 0.234 e. The Morgan fingerprint density at radius 3 is 2.76 bits per heavy atom. The second-order valence-corrected chi connectivity index (χ2v) is 5.67. The van der Waals surface area contributed by atoms with Crippen LogP contribution in [0.2, 0.25) is 0 Å². The number of rotatable bonds is 7. The van der Waals surface area contributed by atoms with Crippen molar-refractivity contribution in [2.75, 3.05) is 13.1 Å². The fraction of sp³-hybridized carbons (Fsp3) is 0.929. The smallest absolute Gasteiger partial charge is 0.234 e. The molecule has 100 valence electrons. The number of amides is 1. The summed E-state index contributed by atoms with van der Waals surface area (Å²) in [5.41, 5.74) is 0. The molecule has 1 aliphatic rings. The zero-order valence-corrected chi connectivity index (χ0v) is 11.6. The van der Waals surface area contributed by atoms with Crippen LogP contribution in [0, 0.1) is 11.8 Å². The van der Waals surface area contributed by atoms with Crippen molar-refractivity contribution in [1.29, 1.82) is 0 Å². The normalized spacial score (nSPS) is 25.8. The summed E-state index contributed by atoms with van der Waals surface area (Å²) in [4.78, 5) is 11.6. The van der Waals surface area contributed by atoms with Crippen molar-refractivity contribution < 1.29 is 4.79 Å². The third-order valence-electron chi connectivity index (χ3n) is 3.65. The van der Waals surface area contributed by atoms with Gasteiger partial charge in [0.05, 0.1) is 6.54 Å². The number of hydrogen-bond donors (Lipinski definition) is 2. The topological polar surface area (TPSA) is 41.1 Å². The number of hydrogen-bond acceptors (Lipinski definition) is 2. The van der Waals surface area contributed by atoms with Crippen LogP contribution in [0.15, 0.2) is 0 Å². The fourth-order valence-electron chi connectivity index (χ4n) is 2.73. The predicted octanol–water partition coefficient (Wildman–Crippen LogP) is 2.32. The molecular weight excluding hydrogens is 212 g/mol. The zero-order valence-electron chi connectivity index (χ0n) is 11.6. The lowest BCUT2D eigenvalue weighted by molar-refractivity contribution is -0.120. The molecule has 1 rings (SSSR count). The van der Waals surface area contributed by atoms with Gasteiger partial charge in [0.1, 0.15) is 0 Å². The molecule has 1 fully saturated rings. The monoisotopic (exact) mass is 240 g/mol. The summed E-state index contributed by atoms with van der Waals surface area (Å²) in [6.45, 7) is 8.00. The van der Waals surface area contributed by atoms with Gasteiger partial charge in [-0.3, -0.25) is 4.79 Å². The van der Waals surface area contributed by atoms with E-state index < -0.39 is 0 Å². The molecule has 0 saturated heterocycles. The van der Waals surface area contributed by atoms with Crippen molar-refractivity contribution in [3.8, 4) is 0 Å². The van der Waals surface area contributed by atoms with Gasteiger partial charge < -0.3 is 10.6 Å². The van der Waals surface area contributed by atoms with Gasteiger partial charge in [-0.05, 0) is 44.6 Å². The Bertz CT molecular complexity index is 230. The molecule has 0 bridgehead atoms. The summed E-state index contributed by atoms with van der Waals surface area (Å²) in [6, 6.07) is 0.306. The van der Waals surface area contributed by atoms with E-state index in [4.69, 9.17) is 0 Å². The van der Waals surface area contributed by atoms with Crippen molar-refractivity contribution in [2.24, 2.45) is 11.8 Å². The first-order chi connectivity index (χ1) is 8.11. The van der Waals surface area contributed by atoms with Gasteiger partial charge in [-0.1, -0.05) is 26.7 Å². The highest BCUT2D eigenvalue weighted by atomic mass is 16.1. The van der Waals surface area contributed by atoms with Crippen LogP contribution in [0.4, 0.5) is 0 Å². The van der Waals surface area contributed by atoms with E-state index in [1.807, 2.05) is 0 Å². The highest BCUT2D eigenvalue weighted by Gasteiger charge is 2.20. The van der Waals surface area contributed by atoms with E-state index in [1.54, 1.807) is 0 Å². The Labute approximate surface area is 106 Å². The average molecular weight is 240 g/mol. The van der Waals surface area contributed by atoms with Crippen LogP contribution in [0.3, 0.4) is 0 Å². The third kappa shape index (κ3) is 6.06. The van der Waals surface area contributed by atoms with Crippen LogP contribution in [0.1, 0.15) is 52.9 Å². The molecule has 3 atom stereocenters. The van der Waals surface area contributed by atoms with E-state index in [2.05, 4.69) is 31.4 Å². The Kier molecular flexibility index (Phi) is 6.56. The quantitative estimate of drug-likeness (QED) is 0.717. The summed E-state index contributed by atoms with van der Waals surface area (Å²) in [7, 11) is 0. The molecule has 0 aromatic rings. The number of carbonyl (C=O) groups is 1. The maximum absolute atomic E-state index is 11.6. The Hall–Kier alpha value is -0.570. The number of carbonyl (C=O) groups excluding carboxylic acids is 1. The molecule has 0 aromatic heterocycles. The summed E-state index contributed by atoms with van der Waals surface area (Å²) in [5.74, 6) is 1.79. The molecule has 2 N–H and O–H groups in total. The molecule has 1 saturated carbocycles. The molecule has 0 radical (unpaired) electrons. The Morgan fingerprint density at radius 1 is 1.41 bits per heavy atom. The second-order valence-electron chi connectivity index (χ2n) is 5.67. The molecule has 17 heavy (non-hydrogen) atoms. The summed E-state index contributed by atoms with van der Waals surface area (Å²) in [6.07, 6.45) is 6.18. The molecule has 1 aliphatic carbocycles. The van der Waals surface area contributed by atoms with Crippen LogP contribution in [-0.2, 0) is 4.79 Å². The van der Waals surface area contributed by atoms with Crippen molar-refractivity contribution >= 4 is 5.91 Å². The van der Waals surface area contributed by atoms with Crippen molar-refractivity contribution in [1.82, 2.24) is 10.6 Å². The van der Waals surface area contributed by atoms with Crippen LogP contribution < -0.4 is 10.6 Å². The van der Waals surface area contributed by atoms with Crippen LogP contribution in [0.5, 0.6) is 0 Å². The number of nitrogens with one attached hydrogen (secondary N) is 2. The largest absolute Gasteiger partial charge is 0.353 e. The maximum atomic E-state index is 11.6. The summed E-state index contributed by atoms with van der Waals surface area (Å²) in [5, 5.41) is 6.30. The minimum absolute atomic E-state index is 0.136. The summed E-state index contributed by atoms with van der Waals surface area (Å²) < 4.78 is 0. The van der Waals surface area contributed by atoms with Gasteiger partial charge in [0, 0.05) is 6.04 Å². The lowest BCUT2D eigenvalue weighted by Gasteiger charge is -2.14. The second kappa shape index (κ2) is 7.70. The van der Waals surface area contributed by atoms with Crippen molar-refractivity contribution in [3.63, 3.8) is 0 Å². The highest BCUT2D eigenvalue weighted by Crippen LogP contribution is 2.29. The molecule has 0 spiro atoms. The van der Waals surface area contributed by atoms with Crippen LogP contribution in [-0.4, -0.2) is 25.0 Å². The van der Waals surface area contributed by atoms with Crippen molar-refractivity contribution in [2.45, 2.75) is 58.9 Å². The molecule has 0 aromatic carbocycles. The van der Waals surface area contributed by atoms with E-state index in [9.17, 15) is 4.79 Å². The molecule has 3 nitrogen and oxygen atoms in total. The zero-order chi connectivity index (χ0) is 12.7. The van der Waals surface area contributed by atoms with Gasteiger partial charge in [-0.25, -0.2) is 0 Å². The molecule has 0 heterocycles. The van der Waals surface area contributed by atoms with E-state index in [1.165, 1.54) is 19.3 Å². The molecule has 0 aliphatic heterocycles. The van der Waals surface area contributed by atoms with Gasteiger partial charge in [-0.15, -0.1) is 0 Å². The molecule has 3 heteroatoms. The lowest BCUT2D eigenvalue weighted by Crippen LogP contribution is -2.40.